The summed E-state index contributed by atoms with van der Waals surface area (Å²) in [6, 6.07) is 7.49. The summed E-state index contributed by atoms with van der Waals surface area (Å²) >= 11 is 1.29. The molecule has 0 fully saturated rings. The van der Waals surface area contributed by atoms with E-state index in [1.807, 2.05) is 6.07 Å². The van der Waals surface area contributed by atoms with Gasteiger partial charge in [0.2, 0.25) is 11.1 Å². The van der Waals surface area contributed by atoms with Gasteiger partial charge in [-0.2, -0.15) is 10.2 Å². The molecule has 0 saturated heterocycles. The normalized spacial score (nSPS) is 10.9. The maximum absolute atomic E-state index is 12.0. The Morgan fingerprint density at radius 3 is 2.58 bits per heavy atom. The van der Waals surface area contributed by atoms with Crippen molar-refractivity contribution in [2.45, 2.75) is 10.1 Å². The minimum absolute atomic E-state index is 0.0496. The second-order valence-corrected chi connectivity index (χ2v) is 5.87. The molecule has 0 atom stereocenters. The first kappa shape index (κ1) is 13.4. The first-order valence-corrected chi connectivity index (χ1v) is 7.75. The Kier molecular flexibility index (Phi) is 3.73. The van der Waals surface area contributed by atoms with Crippen LogP contribution in [-0.2, 0) is 10.0 Å². The molecule has 0 spiro atoms. The van der Waals surface area contributed by atoms with E-state index in [9.17, 15) is 8.42 Å². The molecule has 2 rings (SSSR count). The average molecular weight is 295 g/mol. The minimum atomic E-state index is -3.74. The van der Waals surface area contributed by atoms with Crippen LogP contribution in [0, 0.1) is 11.3 Å². The number of nitrogens with one attached hydrogen (secondary N) is 2. The van der Waals surface area contributed by atoms with Crippen LogP contribution in [0.25, 0.3) is 0 Å². The van der Waals surface area contributed by atoms with Gasteiger partial charge in [0, 0.05) is 0 Å². The van der Waals surface area contributed by atoms with Crippen LogP contribution in [0.4, 0.5) is 5.95 Å². The van der Waals surface area contributed by atoms with Crippen LogP contribution in [0.2, 0.25) is 0 Å². The molecule has 0 bridgehead atoms. The van der Waals surface area contributed by atoms with Crippen LogP contribution in [0.15, 0.2) is 34.3 Å². The molecule has 9 heteroatoms. The smallest absolute Gasteiger partial charge is 0.248 e. The number of aromatic amines is 1. The molecule has 1 aromatic carbocycles. The Hall–Kier alpha value is -2.05. The Morgan fingerprint density at radius 2 is 2.05 bits per heavy atom. The number of anilines is 1. The number of hydrogen-bond donors (Lipinski definition) is 2. The van der Waals surface area contributed by atoms with Gasteiger partial charge in [-0.25, -0.2) is 18.2 Å². The molecule has 0 aliphatic heterocycles. The van der Waals surface area contributed by atoms with Gasteiger partial charge in [-0.1, -0.05) is 11.8 Å². The van der Waals surface area contributed by atoms with Gasteiger partial charge in [0.1, 0.15) is 0 Å². The van der Waals surface area contributed by atoms with E-state index in [4.69, 9.17) is 5.26 Å². The zero-order valence-electron chi connectivity index (χ0n) is 9.78. The van der Waals surface area contributed by atoms with E-state index in [0.717, 1.165) is 0 Å². The number of benzene rings is 1. The number of rotatable bonds is 4. The van der Waals surface area contributed by atoms with Crippen molar-refractivity contribution in [1.29, 1.82) is 5.26 Å². The standard InChI is InChI=1S/C10H9N5O2S2/c1-18-10-12-9(13-14-10)15-19(16,17)8-4-2-7(6-11)3-5-8/h2-5H,1H3,(H2,12,13,14,15). The highest BCUT2D eigenvalue weighted by Gasteiger charge is 2.16. The third-order valence-corrected chi connectivity index (χ3v) is 4.07. The molecule has 0 amide bonds. The lowest BCUT2D eigenvalue weighted by molar-refractivity contribution is 0.601. The fourth-order valence-electron chi connectivity index (χ4n) is 1.28. The second kappa shape index (κ2) is 5.29. The molecule has 19 heavy (non-hydrogen) atoms. The highest BCUT2D eigenvalue weighted by molar-refractivity contribution is 7.98. The topological polar surface area (TPSA) is 112 Å². The predicted octanol–water partition coefficient (Wildman–Crippen LogP) is 1.20. The maximum atomic E-state index is 12.0. The molecule has 1 aromatic heterocycles. The Labute approximate surface area is 114 Å². The first-order chi connectivity index (χ1) is 9.05. The van der Waals surface area contributed by atoms with Crippen LogP contribution in [0.1, 0.15) is 5.56 Å². The van der Waals surface area contributed by atoms with Crippen molar-refractivity contribution in [3.8, 4) is 6.07 Å². The number of aromatic nitrogens is 3. The number of H-pyrrole nitrogens is 1. The summed E-state index contributed by atoms with van der Waals surface area (Å²) in [5.41, 5.74) is 0.392. The molecular weight excluding hydrogens is 286 g/mol. The van der Waals surface area contributed by atoms with Crippen LogP contribution < -0.4 is 4.72 Å². The molecule has 0 aliphatic carbocycles. The molecule has 0 saturated carbocycles. The van der Waals surface area contributed by atoms with Gasteiger partial charge in [-0.15, -0.1) is 5.10 Å². The number of sulfonamides is 1. The van der Waals surface area contributed by atoms with Crippen LogP contribution >= 0.6 is 11.8 Å². The third kappa shape index (κ3) is 3.04. The largest absolute Gasteiger partial charge is 0.264 e. The van der Waals surface area contributed by atoms with Gasteiger partial charge in [0.05, 0.1) is 16.5 Å². The van der Waals surface area contributed by atoms with Crippen molar-refractivity contribution in [2.75, 3.05) is 11.0 Å². The van der Waals surface area contributed by atoms with Crippen molar-refractivity contribution in [3.05, 3.63) is 29.8 Å². The van der Waals surface area contributed by atoms with Gasteiger partial charge < -0.3 is 0 Å². The summed E-state index contributed by atoms with van der Waals surface area (Å²) in [6.07, 6.45) is 1.78. The summed E-state index contributed by atoms with van der Waals surface area (Å²) in [7, 11) is -3.74. The predicted molar refractivity (Wildman–Crippen MR) is 70.1 cm³/mol. The van der Waals surface area contributed by atoms with Crippen LogP contribution in [0.5, 0.6) is 0 Å². The van der Waals surface area contributed by atoms with Crippen LogP contribution in [-0.4, -0.2) is 29.9 Å². The SMILES string of the molecule is CSc1n[nH]c(NS(=O)(=O)c2ccc(C#N)cc2)n1. The summed E-state index contributed by atoms with van der Waals surface area (Å²) in [4.78, 5) is 3.98. The second-order valence-electron chi connectivity index (χ2n) is 3.41. The number of nitriles is 1. The maximum Gasteiger partial charge on any atom is 0.264 e. The number of thioether (sulfide) groups is 1. The van der Waals surface area contributed by atoms with Crippen molar-refractivity contribution in [3.63, 3.8) is 0 Å². The Balaban J connectivity index is 2.24. The Bertz CT molecular complexity index is 715. The highest BCUT2D eigenvalue weighted by atomic mass is 32.2. The molecule has 1 heterocycles. The van der Waals surface area contributed by atoms with Crippen molar-refractivity contribution in [1.82, 2.24) is 15.2 Å². The lowest BCUT2D eigenvalue weighted by Gasteiger charge is -2.04. The highest BCUT2D eigenvalue weighted by Crippen LogP contribution is 2.15. The monoisotopic (exact) mass is 295 g/mol. The van der Waals surface area contributed by atoms with E-state index in [-0.39, 0.29) is 10.8 Å². The molecule has 0 radical (unpaired) electrons. The quantitative estimate of drug-likeness (QED) is 0.820. The molecule has 98 valence electrons. The van der Waals surface area contributed by atoms with Gasteiger partial charge in [0.25, 0.3) is 10.0 Å². The van der Waals surface area contributed by atoms with E-state index in [2.05, 4.69) is 19.9 Å². The molecule has 0 aliphatic rings. The minimum Gasteiger partial charge on any atom is -0.248 e. The molecule has 2 N–H and O–H groups in total. The van der Waals surface area contributed by atoms with Crippen molar-refractivity contribution >= 4 is 27.7 Å². The van der Waals surface area contributed by atoms with Crippen LogP contribution in [0.3, 0.4) is 0 Å². The zero-order valence-corrected chi connectivity index (χ0v) is 11.4. The fourth-order valence-corrected chi connectivity index (χ4v) is 2.56. The zero-order chi connectivity index (χ0) is 13.9. The fraction of sp³-hybridized carbons (Fsp3) is 0.100. The lowest BCUT2D eigenvalue weighted by Crippen LogP contribution is -2.13. The van der Waals surface area contributed by atoms with E-state index in [1.54, 1.807) is 6.26 Å². The van der Waals surface area contributed by atoms with E-state index >= 15 is 0 Å². The molecule has 0 unspecified atom stereocenters. The van der Waals surface area contributed by atoms with Gasteiger partial charge in [-0.3, -0.25) is 0 Å². The molecular formula is C10H9N5O2S2. The number of nitrogens with zero attached hydrogens (tertiary/aromatic N) is 3. The van der Waals surface area contributed by atoms with Gasteiger partial charge >= 0.3 is 0 Å². The van der Waals surface area contributed by atoms with E-state index < -0.39 is 10.0 Å². The van der Waals surface area contributed by atoms with Gasteiger partial charge in [0.15, 0.2) is 0 Å². The Morgan fingerprint density at radius 1 is 1.37 bits per heavy atom. The first-order valence-electron chi connectivity index (χ1n) is 5.04. The molecule has 7 nitrogen and oxygen atoms in total. The average Bonchev–Trinajstić information content (AvgIpc) is 2.85. The summed E-state index contributed by atoms with van der Waals surface area (Å²) in [5.74, 6) is 0.0497. The van der Waals surface area contributed by atoms with Crippen molar-refractivity contribution < 1.29 is 8.42 Å². The number of hydrogen-bond acceptors (Lipinski definition) is 6. The van der Waals surface area contributed by atoms with E-state index in [0.29, 0.717) is 10.7 Å². The third-order valence-electron chi connectivity index (χ3n) is 2.17. The van der Waals surface area contributed by atoms with E-state index in [1.165, 1.54) is 36.0 Å². The van der Waals surface area contributed by atoms with Gasteiger partial charge in [-0.05, 0) is 30.5 Å². The molecule has 2 aromatic rings. The summed E-state index contributed by atoms with van der Waals surface area (Å²) in [5, 5.41) is 15.4. The summed E-state index contributed by atoms with van der Waals surface area (Å²) < 4.78 is 26.3. The lowest BCUT2D eigenvalue weighted by atomic mass is 10.2. The van der Waals surface area contributed by atoms with Crippen molar-refractivity contribution in [2.24, 2.45) is 0 Å². The summed E-state index contributed by atoms with van der Waals surface area (Å²) in [6.45, 7) is 0.